The molecule has 1 saturated heterocycles. The number of aliphatic hydroxyl groups is 2. The highest BCUT2D eigenvalue weighted by Gasteiger charge is 2.34. The lowest BCUT2D eigenvalue weighted by atomic mass is 9.93. The van der Waals surface area contributed by atoms with Crippen LogP contribution in [-0.4, -0.2) is 57.0 Å². The Balaban J connectivity index is 1.76. The van der Waals surface area contributed by atoms with Crippen molar-refractivity contribution in [2.75, 3.05) is 19.7 Å². The molecule has 3 heterocycles. The predicted octanol–water partition coefficient (Wildman–Crippen LogP) is 0.835. The highest BCUT2D eigenvalue weighted by atomic mass is 16.5. The number of aryl methyl sites for hydroxylation is 2. The summed E-state index contributed by atoms with van der Waals surface area (Å²) in [6.45, 7) is 2.54. The Labute approximate surface area is 139 Å². The van der Waals surface area contributed by atoms with Crippen LogP contribution in [0, 0.1) is 12.8 Å². The number of aromatic nitrogens is 2. The monoisotopic (exact) mass is 331 g/mol. The number of piperidine rings is 1. The average molecular weight is 331 g/mol. The van der Waals surface area contributed by atoms with Crippen LogP contribution in [0.25, 0.3) is 11.1 Å². The molecule has 2 N–H and O–H groups in total. The zero-order valence-corrected chi connectivity index (χ0v) is 13.7. The van der Waals surface area contributed by atoms with E-state index in [1.165, 1.54) is 0 Å². The van der Waals surface area contributed by atoms with Gasteiger partial charge in [0.05, 0.1) is 22.7 Å². The molecule has 7 nitrogen and oxygen atoms in total. The molecule has 0 bridgehead atoms. The first kappa shape index (κ1) is 15.5. The first-order chi connectivity index (χ1) is 11.6. The molecule has 2 aromatic heterocycles. The molecule has 2 aromatic rings. The molecule has 2 atom stereocenters. The van der Waals surface area contributed by atoms with Crippen LogP contribution in [0.3, 0.4) is 0 Å². The summed E-state index contributed by atoms with van der Waals surface area (Å²) >= 11 is 0. The molecule has 1 aliphatic carbocycles. The number of pyridine rings is 1. The number of likely N-dealkylation sites (tertiary alicyclic amines) is 1. The van der Waals surface area contributed by atoms with Crippen LogP contribution < -0.4 is 0 Å². The normalized spacial score (nSPS) is 23.7. The van der Waals surface area contributed by atoms with Gasteiger partial charge in [-0.05, 0) is 38.2 Å². The van der Waals surface area contributed by atoms with E-state index in [1.54, 1.807) is 4.90 Å². The lowest BCUT2D eigenvalue weighted by molar-refractivity contribution is 0.000908. The van der Waals surface area contributed by atoms with Crippen LogP contribution in [0.15, 0.2) is 4.52 Å². The molecular formula is C17H21N3O4. The lowest BCUT2D eigenvalue weighted by Gasteiger charge is -2.35. The van der Waals surface area contributed by atoms with Crippen molar-refractivity contribution in [3.8, 4) is 0 Å². The quantitative estimate of drug-likeness (QED) is 0.846. The summed E-state index contributed by atoms with van der Waals surface area (Å²) in [5, 5.41) is 24.1. The SMILES string of the molecule is Cc1noc2nc3c(c(C(=O)N4CC[C@H](CO)[C@H](O)C4)c12)CCC3. The summed E-state index contributed by atoms with van der Waals surface area (Å²) in [7, 11) is 0. The summed E-state index contributed by atoms with van der Waals surface area (Å²) in [4.78, 5) is 19.4. The van der Waals surface area contributed by atoms with Gasteiger partial charge < -0.3 is 19.6 Å². The van der Waals surface area contributed by atoms with Crippen LogP contribution in [0.5, 0.6) is 0 Å². The zero-order chi connectivity index (χ0) is 16.8. The highest BCUT2D eigenvalue weighted by molar-refractivity contribution is 6.07. The summed E-state index contributed by atoms with van der Waals surface area (Å²) < 4.78 is 5.29. The zero-order valence-electron chi connectivity index (χ0n) is 13.7. The molecule has 0 unspecified atom stereocenters. The van der Waals surface area contributed by atoms with E-state index >= 15 is 0 Å². The fourth-order valence-electron chi connectivity index (χ4n) is 3.89. The number of amides is 1. The van der Waals surface area contributed by atoms with E-state index in [4.69, 9.17) is 4.52 Å². The van der Waals surface area contributed by atoms with Gasteiger partial charge in [-0.2, -0.15) is 0 Å². The topological polar surface area (TPSA) is 99.7 Å². The third-order valence-corrected chi connectivity index (χ3v) is 5.28. The summed E-state index contributed by atoms with van der Waals surface area (Å²) in [5.41, 5.74) is 3.65. The Kier molecular flexibility index (Phi) is 3.77. The Morgan fingerprint density at radius 3 is 3.00 bits per heavy atom. The van der Waals surface area contributed by atoms with Crippen molar-refractivity contribution in [3.05, 3.63) is 22.5 Å². The second-order valence-corrected chi connectivity index (χ2v) is 6.76. The Hall–Kier alpha value is -1.99. The number of nitrogens with zero attached hydrogens (tertiary/aromatic N) is 3. The van der Waals surface area contributed by atoms with Gasteiger partial charge in [-0.1, -0.05) is 5.16 Å². The second-order valence-electron chi connectivity index (χ2n) is 6.76. The van der Waals surface area contributed by atoms with Crippen LogP contribution in [0.2, 0.25) is 0 Å². The number of hydrogen-bond acceptors (Lipinski definition) is 6. The van der Waals surface area contributed by atoms with Crippen molar-refractivity contribution in [1.29, 1.82) is 0 Å². The van der Waals surface area contributed by atoms with Gasteiger partial charge in [-0.15, -0.1) is 0 Å². The molecule has 128 valence electrons. The number of β-amino-alcohol motifs (C(OH)–C–C–N with tert-alkyl or cyclic N) is 1. The number of hydrogen-bond donors (Lipinski definition) is 2. The van der Waals surface area contributed by atoms with Crippen molar-refractivity contribution in [1.82, 2.24) is 15.0 Å². The maximum Gasteiger partial charge on any atom is 0.259 e. The Morgan fingerprint density at radius 2 is 2.25 bits per heavy atom. The smallest absolute Gasteiger partial charge is 0.259 e. The van der Waals surface area contributed by atoms with Crippen LogP contribution >= 0.6 is 0 Å². The minimum atomic E-state index is -0.693. The predicted molar refractivity (Wildman–Crippen MR) is 85.7 cm³/mol. The van der Waals surface area contributed by atoms with Crippen LogP contribution in [-0.2, 0) is 12.8 Å². The molecule has 1 amide bonds. The maximum atomic E-state index is 13.2. The van der Waals surface area contributed by atoms with Gasteiger partial charge in [0.1, 0.15) is 0 Å². The third kappa shape index (κ3) is 2.31. The molecular weight excluding hydrogens is 310 g/mol. The van der Waals surface area contributed by atoms with E-state index in [9.17, 15) is 15.0 Å². The number of rotatable bonds is 2. The fourth-order valence-corrected chi connectivity index (χ4v) is 3.89. The van der Waals surface area contributed by atoms with E-state index in [1.807, 2.05) is 6.92 Å². The van der Waals surface area contributed by atoms with Gasteiger partial charge in [0, 0.05) is 31.3 Å². The van der Waals surface area contributed by atoms with Crippen molar-refractivity contribution < 1.29 is 19.5 Å². The van der Waals surface area contributed by atoms with Gasteiger partial charge >= 0.3 is 0 Å². The third-order valence-electron chi connectivity index (χ3n) is 5.28. The van der Waals surface area contributed by atoms with Crippen molar-refractivity contribution in [2.45, 2.75) is 38.7 Å². The highest BCUT2D eigenvalue weighted by Crippen LogP contribution is 2.33. The van der Waals surface area contributed by atoms with Crippen molar-refractivity contribution in [3.63, 3.8) is 0 Å². The molecule has 1 fully saturated rings. The maximum absolute atomic E-state index is 13.2. The summed E-state index contributed by atoms with van der Waals surface area (Å²) in [6.07, 6.45) is 2.57. The molecule has 0 radical (unpaired) electrons. The number of fused-ring (bicyclic) bond motifs is 2. The average Bonchev–Trinajstić information content (AvgIpc) is 3.19. The Morgan fingerprint density at radius 1 is 1.42 bits per heavy atom. The molecule has 7 heteroatoms. The van der Waals surface area contributed by atoms with Gasteiger partial charge in [0.15, 0.2) is 0 Å². The van der Waals surface area contributed by atoms with E-state index in [2.05, 4.69) is 10.1 Å². The van der Waals surface area contributed by atoms with Crippen molar-refractivity contribution >= 4 is 17.0 Å². The molecule has 0 aromatic carbocycles. The molecule has 4 rings (SSSR count). The molecule has 0 spiro atoms. The minimum absolute atomic E-state index is 0.0527. The van der Waals surface area contributed by atoms with E-state index in [-0.39, 0.29) is 25.0 Å². The largest absolute Gasteiger partial charge is 0.396 e. The molecule has 24 heavy (non-hydrogen) atoms. The Bertz CT molecular complexity index is 801. The number of carbonyl (C=O) groups is 1. The lowest BCUT2D eigenvalue weighted by Crippen LogP contribution is -2.47. The van der Waals surface area contributed by atoms with Crippen LogP contribution in [0.4, 0.5) is 0 Å². The first-order valence-electron chi connectivity index (χ1n) is 8.46. The summed E-state index contributed by atoms with van der Waals surface area (Å²) in [6, 6.07) is 0. The van der Waals surface area contributed by atoms with Crippen molar-refractivity contribution in [2.24, 2.45) is 5.92 Å². The minimum Gasteiger partial charge on any atom is -0.396 e. The number of carbonyl (C=O) groups excluding carboxylic acids is 1. The molecule has 2 aliphatic rings. The molecule has 0 saturated carbocycles. The van der Waals surface area contributed by atoms with E-state index in [0.29, 0.717) is 35.3 Å². The summed E-state index contributed by atoms with van der Waals surface area (Å²) in [5.74, 6) is -0.253. The second kappa shape index (κ2) is 5.82. The van der Waals surface area contributed by atoms with E-state index < -0.39 is 6.10 Å². The van der Waals surface area contributed by atoms with Crippen LogP contribution in [0.1, 0.15) is 40.2 Å². The van der Waals surface area contributed by atoms with Gasteiger partial charge in [0.2, 0.25) is 0 Å². The standard InChI is InChI=1S/C17H21N3O4/c1-9-14-15(11-3-2-4-12(11)18-16(14)24-19-9)17(23)20-6-5-10(8-21)13(22)7-20/h10,13,21-22H,2-8H2,1H3/t10-,13-/m1/s1. The van der Waals surface area contributed by atoms with E-state index in [0.717, 1.165) is 30.5 Å². The number of aliphatic hydroxyl groups excluding tert-OH is 2. The van der Waals surface area contributed by atoms with Gasteiger partial charge in [-0.25, -0.2) is 4.98 Å². The molecule has 1 aliphatic heterocycles. The van der Waals surface area contributed by atoms with Gasteiger partial charge in [0.25, 0.3) is 11.6 Å². The fraction of sp³-hybridized carbons (Fsp3) is 0.588. The van der Waals surface area contributed by atoms with Gasteiger partial charge in [-0.3, -0.25) is 4.79 Å². The first-order valence-corrected chi connectivity index (χ1v) is 8.46.